The van der Waals surface area contributed by atoms with E-state index in [0.29, 0.717) is 6.54 Å². The summed E-state index contributed by atoms with van der Waals surface area (Å²) in [5.41, 5.74) is 3.05. The summed E-state index contributed by atoms with van der Waals surface area (Å²) in [5.74, 6) is 0.768. The second-order valence-electron chi connectivity index (χ2n) is 7.65. The SMILES string of the molecule is COc1ccc(NC(=O)N2CC(c3ccccc3)(c3ccccc3)C[C@H]2C)cc1. The van der Waals surface area contributed by atoms with Crippen molar-refractivity contribution in [1.82, 2.24) is 4.90 Å². The fourth-order valence-electron chi connectivity index (χ4n) is 4.37. The second kappa shape index (κ2) is 8.00. The second-order valence-corrected chi connectivity index (χ2v) is 7.65. The molecule has 1 atom stereocenters. The molecule has 4 nitrogen and oxygen atoms in total. The Hall–Kier alpha value is -3.27. The van der Waals surface area contributed by atoms with Crippen LogP contribution in [0, 0.1) is 0 Å². The van der Waals surface area contributed by atoms with E-state index in [9.17, 15) is 4.79 Å². The van der Waals surface area contributed by atoms with Crippen LogP contribution in [-0.4, -0.2) is 30.6 Å². The number of hydrogen-bond donors (Lipinski definition) is 1. The van der Waals surface area contributed by atoms with Crippen molar-refractivity contribution in [3.05, 3.63) is 96.1 Å². The van der Waals surface area contributed by atoms with Gasteiger partial charge in [0.2, 0.25) is 0 Å². The van der Waals surface area contributed by atoms with Crippen molar-refractivity contribution in [2.75, 3.05) is 19.0 Å². The molecule has 0 saturated carbocycles. The topological polar surface area (TPSA) is 41.6 Å². The number of nitrogens with zero attached hydrogens (tertiary/aromatic N) is 1. The summed E-state index contributed by atoms with van der Waals surface area (Å²) in [6, 6.07) is 28.5. The molecule has 0 bridgehead atoms. The van der Waals surface area contributed by atoms with Gasteiger partial charge in [-0.1, -0.05) is 60.7 Å². The molecule has 1 saturated heterocycles. The average Bonchev–Trinajstić information content (AvgIpc) is 3.14. The van der Waals surface area contributed by atoms with Gasteiger partial charge in [0.25, 0.3) is 0 Å². The number of hydrogen-bond acceptors (Lipinski definition) is 2. The molecule has 1 N–H and O–H groups in total. The smallest absolute Gasteiger partial charge is 0.322 e. The molecule has 0 unspecified atom stereocenters. The van der Waals surface area contributed by atoms with Crippen LogP contribution in [0.5, 0.6) is 5.75 Å². The lowest BCUT2D eigenvalue weighted by Crippen LogP contribution is -2.39. The molecule has 1 heterocycles. The predicted octanol–water partition coefficient (Wildman–Crippen LogP) is 5.31. The number of carbonyl (C=O) groups is 1. The summed E-state index contributed by atoms with van der Waals surface area (Å²) in [4.78, 5) is 15.1. The summed E-state index contributed by atoms with van der Waals surface area (Å²) in [6.45, 7) is 2.77. The van der Waals surface area contributed by atoms with Gasteiger partial charge in [0.05, 0.1) is 7.11 Å². The molecule has 0 spiro atoms. The molecule has 4 rings (SSSR count). The lowest BCUT2D eigenvalue weighted by Gasteiger charge is -2.31. The number of ether oxygens (including phenoxy) is 1. The van der Waals surface area contributed by atoms with Crippen LogP contribution >= 0.6 is 0 Å². The minimum absolute atomic E-state index is 0.0728. The molecule has 3 aromatic carbocycles. The van der Waals surface area contributed by atoms with E-state index in [2.05, 4.69) is 60.8 Å². The molecule has 0 radical (unpaired) electrons. The molecule has 4 heteroatoms. The molecule has 148 valence electrons. The summed E-state index contributed by atoms with van der Waals surface area (Å²) < 4.78 is 5.19. The van der Waals surface area contributed by atoms with Gasteiger partial charge in [0.15, 0.2) is 0 Å². The first kappa shape index (κ1) is 19.1. The van der Waals surface area contributed by atoms with Crippen LogP contribution in [0.25, 0.3) is 0 Å². The van der Waals surface area contributed by atoms with Gasteiger partial charge in [-0.15, -0.1) is 0 Å². The summed E-state index contributed by atoms with van der Waals surface area (Å²) in [6.07, 6.45) is 0.886. The number of amides is 2. The molecule has 2 amide bonds. The zero-order chi connectivity index (χ0) is 20.3. The zero-order valence-electron chi connectivity index (χ0n) is 16.8. The van der Waals surface area contributed by atoms with Gasteiger partial charge in [-0.25, -0.2) is 4.79 Å². The van der Waals surface area contributed by atoms with Crippen LogP contribution in [0.3, 0.4) is 0 Å². The number of nitrogens with one attached hydrogen (secondary N) is 1. The molecular formula is C25H26N2O2. The minimum atomic E-state index is -0.209. The molecule has 1 aliphatic rings. The average molecular weight is 386 g/mol. The van der Waals surface area contributed by atoms with Gasteiger partial charge in [-0.3, -0.25) is 0 Å². The number of rotatable bonds is 4. The molecule has 29 heavy (non-hydrogen) atoms. The van der Waals surface area contributed by atoms with Crippen molar-refractivity contribution in [2.45, 2.75) is 24.8 Å². The highest BCUT2D eigenvalue weighted by molar-refractivity contribution is 5.90. The van der Waals surface area contributed by atoms with E-state index >= 15 is 0 Å². The van der Waals surface area contributed by atoms with Gasteiger partial charge in [-0.2, -0.15) is 0 Å². The van der Waals surface area contributed by atoms with Crippen molar-refractivity contribution in [2.24, 2.45) is 0 Å². The summed E-state index contributed by atoms with van der Waals surface area (Å²) in [7, 11) is 1.63. The minimum Gasteiger partial charge on any atom is -0.497 e. The van der Waals surface area contributed by atoms with Crippen LogP contribution in [0.2, 0.25) is 0 Å². The third-order valence-corrected chi connectivity index (χ3v) is 5.87. The van der Waals surface area contributed by atoms with E-state index in [1.54, 1.807) is 7.11 Å². The Morgan fingerprint density at radius 2 is 1.48 bits per heavy atom. The van der Waals surface area contributed by atoms with Gasteiger partial charge in [-0.05, 0) is 48.7 Å². The highest BCUT2D eigenvalue weighted by Gasteiger charge is 2.46. The first-order valence-corrected chi connectivity index (χ1v) is 9.95. The molecule has 0 aromatic heterocycles. The van der Waals surface area contributed by atoms with Crippen molar-refractivity contribution in [3.8, 4) is 5.75 Å². The Kier molecular flexibility index (Phi) is 5.26. The highest BCUT2D eigenvalue weighted by Crippen LogP contribution is 2.43. The quantitative estimate of drug-likeness (QED) is 0.660. The Labute approximate surface area is 172 Å². The molecule has 3 aromatic rings. The first-order chi connectivity index (χ1) is 14.1. The van der Waals surface area contributed by atoms with Crippen molar-refractivity contribution in [1.29, 1.82) is 0 Å². The van der Waals surface area contributed by atoms with E-state index in [4.69, 9.17) is 4.74 Å². The number of likely N-dealkylation sites (tertiary alicyclic amines) is 1. The van der Waals surface area contributed by atoms with Crippen LogP contribution < -0.4 is 10.1 Å². The van der Waals surface area contributed by atoms with Gasteiger partial charge in [0, 0.05) is 23.7 Å². The third kappa shape index (κ3) is 3.70. The van der Waals surface area contributed by atoms with Crippen LogP contribution in [-0.2, 0) is 5.41 Å². The predicted molar refractivity (Wildman–Crippen MR) is 116 cm³/mol. The van der Waals surface area contributed by atoms with E-state index in [1.165, 1.54) is 11.1 Å². The molecule has 0 aliphatic carbocycles. The summed E-state index contributed by atoms with van der Waals surface area (Å²) in [5, 5.41) is 3.04. The van der Waals surface area contributed by atoms with Gasteiger partial charge < -0.3 is 15.0 Å². The molecular weight excluding hydrogens is 360 g/mol. The zero-order valence-corrected chi connectivity index (χ0v) is 16.8. The number of methoxy groups -OCH3 is 1. The van der Waals surface area contributed by atoms with E-state index in [0.717, 1.165) is 17.9 Å². The standard InChI is InChI=1S/C25H26N2O2/c1-19-17-25(20-9-5-3-6-10-20,21-11-7-4-8-12-21)18-27(19)24(28)26-22-13-15-23(29-2)16-14-22/h3-16,19H,17-18H2,1-2H3,(H,26,28)/t19-/m1/s1. The third-order valence-electron chi connectivity index (χ3n) is 5.87. The van der Waals surface area contributed by atoms with E-state index in [-0.39, 0.29) is 17.5 Å². The Morgan fingerprint density at radius 3 is 2.00 bits per heavy atom. The van der Waals surface area contributed by atoms with Crippen LogP contribution in [0.1, 0.15) is 24.5 Å². The fraction of sp³-hybridized carbons (Fsp3) is 0.240. The van der Waals surface area contributed by atoms with Crippen molar-refractivity contribution >= 4 is 11.7 Å². The number of carbonyl (C=O) groups excluding carboxylic acids is 1. The highest BCUT2D eigenvalue weighted by atomic mass is 16.5. The fourth-order valence-corrected chi connectivity index (χ4v) is 4.37. The first-order valence-electron chi connectivity index (χ1n) is 9.95. The van der Waals surface area contributed by atoms with E-state index in [1.807, 2.05) is 41.3 Å². The Morgan fingerprint density at radius 1 is 0.931 bits per heavy atom. The van der Waals surface area contributed by atoms with Gasteiger partial charge in [0.1, 0.15) is 5.75 Å². The Balaban J connectivity index is 1.62. The maximum Gasteiger partial charge on any atom is 0.322 e. The lowest BCUT2D eigenvalue weighted by atomic mass is 9.73. The van der Waals surface area contributed by atoms with E-state index < -0.39 is 0 Å². The van der Waals surface area contributed by atoms with Crippen molar-refractivity contribution in [3.63, 3.8) is 0 Å². The number of urea groups is 1. The van der Waals surface area contributed by atoms with Crippen molar-refractivity contribution < 1.29 is 9.53 Å². The molecule has 1 fully saturated rings. The summed E-state index contributed by atoms with van der Waals surface area (Å²) >= 11 is 0. The van der Waals surface area contributed by atoms with Gasteiger partial charge >= 0.3 is 6.03 Å². The number of benzene rings is 3. The normalized spacial score (nSPS) is 17.7. The lowest BCUT2D eigenvalue weighted by molar-refractivity contribution is 0.208. The Bertz CT molecular complexity index is 916. The molecule has 1 aliphatic heterocycles. The monoisotopic (exact) mass is 386 g/mol. The maximum atomic E-state index is 13.1. The van der Waals surface area contributed by atoms with Crippen LogP contribution in [0.15, 0.2) is 84.9 Å². The largest absolute Gasteiger partial charge is 0.497 e. The number of anilines is 1. The maximum absolute atomic E-state index is 13.1. The van der Waals surface area contributed by atoms with Crippen LogP contribution in [0.4, 0.5) is 10.5 Å².